The number of sulfonamides is 1. The summed E-state index contributed by atoms with van der Waals surface area (Å²) >= 11 is 0.987. The molecular weight excluding hydrogens is 298 g/mol. The molecule has 9 heteroatoms. The lowest BCUT2D eigenvalue weighted by Crippen LogP contribution is -2.14. The van der Waals surface area contributed by atoms with Crippen LogP contribution < -0.4 is 4.72 Å². The average Bonchev–Trinajstić information content (AvgIpc) is 2.99. The molecule has 7 nitrogen and oxygen atoms in total. The van der Waals surface area contributed by atoms with Gasteiger partial charge >= 0.3 is 0 Å². The van der Waals surface area contributed by atoms with Crippen molar-refractivity contribution >= 4 is 38.4 Å². The molecule has 3 rings (SSSR count). The second kappa shape index (κ2) is 4.53. The van der Waals surface area contributed by atoms with Gasteiger partial charge in [-0.2, -0.15) is 13.8 Å². The average molecular weight is 309 g/mol. The van der Waals surface area contributed by atoms with Gasteiger partial charge in [-0.1, -0.05) is 6.07 Å². The molecule has 0 saturated heterocycles. The Hall–Kier alpha value is -2.00. The first kappa shape index (κ1) is 13.0. The molecule has 0 spiro atoms. The predicted molar refractivity (Wildman–Crippen MR) is 76.9 cm³/mol. The molecule has 0 atom stereocenters. The normalized spacial score (nSPS) is 13.1. The van der Waals surface area contributed by atoms with Crippen LogP contribution in [0.2, 0.25) is 0 Å². The number of aryl methyl sites for hydroxylation is 2. The number of hydrogen-bond acceptors (Lipinski definition) is 5. The lowest BCUT2D eigenvalue weighted by atomic mass is 10.3. The lowest BCUT2D eigenvalue weighted by Gasteiger charge is -2.09. The zero-order chi connectivity index (χ0) is 14.3. The summed E-state index contributed by atoms with van der Waals surface area (Å²) < 4.78 is 35.6. The Kier molecular flexibility index (Phi) is 2.94. The summed E-state index contributed by atoms with van der Waals surface area (Å²) in [6, 6.07) is 4.89. The van der Waals surface area contributed by atoms with Crippen molar-refractivity contribution in [3.8, 4) is 0 Å². The molecule has 2 heterocycles. The zero-order valence-corrected chi connectivity index (χ0v) is 12.3. The van der Waals surface area contributed by atoms with Gasteiger partial charge in [0.1, 0.15) is 16.3 Å². The van der Waals surface area contributed by atoms with Crippen LogP contribution in [-0.4, -0.2) is 18.6 Å². The summed E-state index contributed by atoms with van der Waals surface area (Å²) in [5.41, 5.74) is 2.66. The number of nitrogens with one attached hydrogen (secondary N) is 2. The number of fused-ring (bicyclic) bond motifs is 1. The van der Waals surface area contributed by atoms with Crippen molar-refractivity contribution < 1.29 is 8.42 Å². The van der Waals surface area contributed by atoms with Crippen LogP contribution in [0.1, 0.15) is 11.4 Å². The van der Waals surface area contributed by atoms with Gasteiger partial charge in [0.25, 0.3) is 10.0 Å². The van der Waals surface area contributed by atoms with E-state index in [1.54, 1.807) is 26.0 Å². The fraction of sp³-hybridized carbons (Fsp3) is 0.182. The molecule has 0 fully saturated rings. The van der Waals surface area contributed by atoms with E-state index >= 15 is 0 Å². The van der Waals surface area contributed by atoms with Crippen LogP contribution in [0.15, 0.2) is 31.8 Å². The van der Waals surface area contributed by atoms with E-state index in [-0.39, 0.29) is 4.90 Å². The summed E-state index contributed by atoms with van der Waals surface area (Å²) in [6.07, 6.45) is 0. The van der Waals surface area contributed by atoms with Crippen molar-refractivity contribution in [2.24, 2.45) is 8.73 Å². The Bertz CT molecular complexity index is 843. The number of aromatic amines is 1. The molecule has 0 amide bonds. The molecule has 1 aliphatic rings. The monoisotopic (exact) mass is 309 g/mol. The minimum Gasteiger partial charge on any atom is -0.280 e. The third kappa shape index (κ3) is 2.04. The highest BCUT2D eigenvalue weighted by Crippen LogP contribution is 2.38. The van der Waals surface area contributed by atoms with Gasteiger partial charge in [0.15, 0.2) is 0 Å². The molecule has 1 aromatic heterocycles. The first-order chi connectivity index (χ1) is 9.49. The molecule has 20 heavy (non-hydrogen) atoms. The van der Waals surface area contributed by atoms with Crippen molar-refractivity contribution in [1.82, 2.24) is 10.2 Å². The van der Waals surface area contributed by atoms with Gasteiger partial charge in [-0.25, -0.2) is 8.42 Å². The van der Waals surface area contributed by atoms with Crippen LogP contribution in [0.4, 0.5) is 17.1 Å². The number of hydrogen-bond donors (Lipinski definition) is 2. The number of H-pyrrole nitrogens is 1. The van der Waals surface area contributed by atoms with Gasteiger partial charge in [0.2, 0.25) is 0 Å². The van der Waals surface area contributed by atoms with Gasteiger partial charge < -0.3 is 0 Å². The number of benzene rings is 1. The highest BCUT2D eigenvalue weighted by Gasteiger charge is 2.24. The standard InChI is InChI=1S/C11H11N5O2S2/c1-6-10(7(2)13-12-6)16-20(17,18)9-5-3-4-8-11(9)15-19-14-8/h3-5,16H,1-2H3,(H,12,13). The number of nitrogens with zero attached hydrogens (tertiary/aromatic N) is 3. The van der Waals surface area contributed by atoms with Crippen LogP contribution in [0.25, 0.3) is 0 Å². The van der Waals surface area contributed by atoms with Crippen molar-refractivity contribution in [2.75, 3.05) is 4.72 Å². The third-order valence-electron chi connectivity index (χ3n) is 2.90. The minimum atomic E-state index is -3.73. The highest BCUT2D eigenvalue weighted by atomic mass is 32.2. The van der Waals surface area contributed by atoms with Crippen molar-refractivity contribution in [3.63, 3.8) is 0 Å². The Morgan fingerprint density at radius 3 is 2.75 bits per heavy atom. The number of rotatable bonds is 3. The van der Waals surface area contributed by atoms with Gasteiger partial charge in [-0.15, -0.1) is 0 Å². The maximum Gasteiger partial charge on any atom is 0.264 e. The maximum absolute atomic E-state index is 12.5. The highest BCUT2D eigenvalue weighted by molar-refractivity contribution is 7.93. The fourth-order valence-electron chi connectivity index (χ4n) is 1.89. The summed E-state index contributed by atoms with van der Waals surface area (Å²) in [5, 5.41) is 6.71. The van der Waals surface area contributed by atoms with Crippen LogP contribution in [-0.2, 0) is 21.4 Å². The molecule has 2 aromatic rings. The Labute approximate surface area is 119 Å². The zero-order valence-electron chi connectivity index (χ0n) is 10.7. The van der Waals surface area contributed by atoms with Crippen LogP contribution >= 0.6 is 0 Å². The Morgan fingerprint density at radius 2 is 2.05 bits per heavy atom. The first-order valence-electron chi connectivity index (χ1n) is 5.75. The van der Waals surface area contributed by atoms with E-state index in [4.69, 9.17) is 0 Å². The molecule has 1 aromatic carbocycles. The molecule has 0 bridgehead atoms. The summed E-state index contributed by atoms with van der Waals surface area (Å²) in [6.45, 7) is 3.48. The van der Waals surface area contributed by atoms with Crippen LogP contribution in [0.3, 0.4) is 0 Å². The molecule has 1 aliphatic heterocycles. The Balaban J connectivity index is 2.07. The van der Waals surface area contributed by atoms with Crippen molar-refractivity contribution in [2.45, 2.75) is 18.7 Å². The SMILES string of the molecule is Cc1n[nH]c(C)c1NS(=O)(=O)c1cccc2c1N=S=N2. The minimum absolute atomic E-state index is 0.115. The van der Waals surface area contributed by atoms with E-state index in [0.717, 1.165) is 11.4 Å². The Morgan fingerprint density at radius 1 is 1.25 bits per heavy atom. The quantitative estimate of drug-likeness (QED) is 0.777. The topological polar surface area (TPSA) is 99.6 Å². The molecule has 0 unspecified atom stereocenters. The van der Waals surface area contributed by atoms with E-state index in [1.165, 1.54) is 6.07 Å². The van der Waals surface area contributed by atoms with Gasteiger partial charge in [-0.3, -0.25) is 9.82 Å². The lowest BCUT2D eigenvalue weighted by molar-refractivity contribution is 0.601. The van der Waals surface area contributed by atoms with Gasteiger partial charge in [-0.05, 0) is 26.0 Å². The number of aromatic nitrogens is 2. The maximum atomic E-state index is 12.5. The first-order valence-corrected chi connectivity index (χ1v) is 7.96. The fourth-order valence-corrected chi connectivity index (χ4v) is 3.84. The smallest absolute Gasteiger partial charge is 0.264 e. The summed E-state index contributed by atoms with van der Waals surface area (Å²) in [7, 11) is -3.73. The van der Waals surface area contributed by atoms with Gasteiger partial charge in [0, 0.05) is 0 Å². The molecular formula is C11H11N5O2S2. The van der Waals surface area contributed by atoms with Crippen molar-refractivity contribution in [3.05, 3.63) is 29.6 Å². The second-order valence-corrected chi connectivity index (χ2v) is 6.48. The number of anilines is 1. The molecule has 2 N–H and O–H groups in total. The summed E-state index contributed by atoms with van der Waals surface area (Å²) in [5.74, 6) is 0. The molecule has 0 aliphatic carbocycles. The van der Waals surface area contributed by atoms with E-state index in [9.17, 15) is 8.42 Å². The largest absolute Gasteiger partial charge is 0.280 e. The third-order valence-corrected chi connectivity index (χ3v) is 4.83. The van der Waals surface area contributed by atoms with E-state index < -0.39 is 10.0 Å². The molecule has 0 radical (unpaired) electrons. The summed E-state index contributed by atoms with van der Waals surface area (Å²) in [4.78, 5) is 0.115. The van der Waals surface area contributed by atoms with E-state index in [0.29, 0.717) is 28.5 Å². The molecule has 0 saturated carbocycles. The van der Waals surface area contributed by atoms with Crippen molar-refractivity contribution in [1.29, 1.82) is 0 Å². The molecule has 104 valence electrons. The van der Waals surface area contributed by atoms with Crippen LogP contribution in [0, 0.1) is 13.8 Å². The van der Waals surface area contributed by atoms with Gasteiger partial charge in [0.05, 0.1) is 28.4 Å². The second-order valence-electron chi connectivity index (χ2n) is 4.30. The van der Waals surface area contributed by atoms with E-state index in [1.807, 2.05) is 0 Å². The van der Waals surface area contributed by atoms with E-state index in [2.05, 4.69) is 23.6 Å². The predicted octanol–water partition coefficient (Wildman–Crippen LogP) is 2.55. The van der Waals surface area contributed by atoms with Crippen LogP contribution in [0.5, 0.6) is 0 Å².